The minimum atomic E-state index is -1.22. The van der Waals surface area contributed by atoms with Gasteiger partial charge in [0.15, 0.2) is 0 Å². The van der Waals surface area contributed by atoms with Crippen molar-refractivity contribution in [2.45, 2.75) is 25.7 Å². The Kier molecular flexibility index (Phi) is 4.22. The summed E-state index contributed by atoms with van der Waals surface area (Å²) in [5.74, 6) is -1.22. The third-order valence-electron chi connectivity index (χ3n) is 1.82. The fourth-order valence-electron chi connectivity index (χ4n) is 1.04. The average molecular weight is 201 g/mol. The molecule has 72 valence electrons. The molecule has 0 saturated heterocycles. The second kappa shape index (κ2) is 5.22. The molecule has 1 unspecified atom stereocenters. The van der Waals surface area contributed by atoms with Crippen molar-refractivity contribution in [3.05, 3.63) is 35.4 Å². The molecule has 1 N–H and O–H groups in total. The van der Waals surface area contributed by atoms with E-state index in [1.165, 1.54) is 5.56 Å². The summed E-state index contributed by atoms with van der Waals surface area (Å²) in [5.41, 5.74) is 2.30. The van der Waals surface area contributed by atoms with Crippen LogP contribution in [0.25, 0.3) is 0 Å². The summed E-state index contributed by atoms with van der Waals surface area (Å²) >= 11 is 5.22. The molecule has 1 atom stereocenters. The minimum absolute atomic E-state index is 0.342. The van der Waals surface area contributed by atoms with Gasteiger partial charge in [0.2, 0.25) is 5.75 Å². The van der Waals surface area contributed by atoms with Crippen molar-refractivity contribution in [1.82, 2.24) is 0 Å². The first kappa shape index (κ1) is 10.5. The SMILES string of the molecule is CCc1ccc(COC(O)Cl)cc1. The predicted molar refractivity (Wildman–Crippen MR) is 52.5 cm³/mol. The largest absolute Gasteiger partial charge is 0.356 e. The predicted octanol–water partition coefficient (Wildman–Crippen LogP) is 2.28. The summed E-state index contributed by atoms with van der Waals surface area (Å²) in [7, 11) is 0. The lowest BCUT2D eigenvalue weighted by Gasteiger charge is -2.05. The van der Waals surface area contributed by atoms with Gasteiger partial charge in [-0.2, -0.15) is 0 Å². The quantitative estimate of drug-likeness (QED) is 0.597. The van der Waals surface area contributed by atoms with Crippen LogP contribution in [0, 0.1) is 0 Å². The van der Waals surface area contributed by atoms with Gasteiger partial charge >= 0.3 is 0 Å². The number of hydrogen-bond donors (Lipinski definition) is 1. The molecule has 0 aliphatic rings. The zero-order valence-corrected chi connectivity index (χ0v) is 8.29. The Morgan fingerprint density at radius 2 is 1.85 bits per heavy atom. The summed E-state index contributed by atoms with van der Waals surface area (Å²) in [6.45, 7) is 2.45. The van der Waals surface area contributed by atoms with Crippen LogP contribution in [0.1, 0.15) is 18.1 Å². The van der Waals surface area contributed by atoms with E-state index in [-0.39, 0.29) is 0 Å². The Bertz CT molecular complexity index is 244. The van der Waals surface area contributed by atoms with E-state index in [0.717, 1.165) is 12.0 Å². The minimum Gasteiger partial charge on any atom is -0.356 e. The van der Waals surface area contributed by atoms with Crippen LogP contribution >= 0.6 is 11.6 Å². The number of aliphatic hydroxyl groups excluding tert-OH is 1. The van der Waals surface area contributed by atoms with Gasteiger partial charge in [0.05, 0.1) is 6.61 Å². The molecule has 0 radical (unpaired) electrons. The Hall–Kier alpha value is -0.570. The lowest BCUT2D eigenvalue weighted by atomic mass is 10.1. The molecule has 2 nitrogen and oxygen atoms in total. The van der Waals surface area contributed by atoms with E-state index in [9.17, 15) is 0 Å². The number of alkyl halides is 1. The van der Waals surface area contributed by atoms with Crippen molar-refractivity contribution in [2.75, 3.05) is 0 Å². The van der Waals surface area contributed by atoms with E-state index in [2.05, 4.69) is 6.92 Å². The summed E-state index contributed by atoms with van der Waals surface area (Å²) in [4.78, 5) is 0. The molecule has 0 aliphatic heterocycles. The molecule has 0 bridgehead atoms. The zero-order chi connectivity index (χ0) is 9.68. The van der Waals surface area contributed by atoms with Gasteiger partial charge in [0.25, 0.3) is 0 Å². The van der Waals surface area contributed by atoms with Crippen LogP contribution in [0.4, 0.5) is 0 Å². The summed E-state index contributed by atoms with van der Waals surface area (Å²) in [6.07, 6.45) is 1.03. The van der Waals surface area contributed by atoms with Gasteiger partial charge in [0.1, 0.15) is 0 Å². The monoisotopic (exact) mass is 200 g/mol. The Balaban J connectivity index is 2.49. The smallest absolute Gasteiger partial charge is 0.234 e. The summed E-state index contributed by atoms with van der Waals surface area (Å²) in [6, 6.07) is 8.02. The fourth-order valence-corrected chi connectivity index (χ4v) is 1.10. The number of rotatable bonds is 4. The molecule has 0 fully saturated rings. The number of ether oxygens (including phenoxy) is 1. The van der Waals surface area contributed by atoms with Crippen molar-refractivity contribution in [3.63, 3.8) is 0 Å². The fraction of sp³-hybridized carbons (Fsp3) is 0.400. The van der Waals surface area contributed by atoms with E-state index >= 15 is 0 Å². The molecule has 0 aliphatic carbocycles. The van der Waals surface area contributed by atoms with E-state index < -0.39 is 5.75 Å². The van der Waals surface area contributed by atoms with Crippen molar-refractivity contribution in [1.29, 1.82) is 0 Å². The molecule has 0 amide bonds. The normalized spacial score (nSPS) is 12.8. The van der Waals surface area contributed by atoms with Crippen LogP contribution in [0.15, 0.2) is 24.3 Å². The second-order valence-electron chi connectivity index (χ2n) is 2.77. The third-order valence-corrected chi connectivity index (χ3v) is 1.94. The van der Waals surface area contributed by atoms with Crippen molar-refractivity contribution in [2.24, 2.45) is 0 Å². The third kappa shape index (κ3) is 3.77. The standard InChI is InChI=1S/C10H13ClO2/c1-2-8-3-5-9(6-4-8)7-13-10(11)12/h3-6,10,12H,2,7H2,1H3. The Morgan fingerprint density at radius 1 is 1.31 bits per heavy atom. The van der Waals surface area contributed by atoms with Crippen molar-refractivity contribution < 1.29 is 9.84 Å². The molecular weight excluding hydrogens is 188 g/mol. The second-order valence-corrected chi connectivity index (χ2v) is 3.15. The highest BCUT2D eigenvalue weighted by Gasteiger charge is 1.98. The Morgan fingerprint density at radius 3 is 2.31 bits per heavy atom. The van der Waals surface area contributed by atoms with Crippen LogP contribution in [-0.4, -0.2) is 10.9 Å². The maximum atomic E-state index is 8.66. The lowest BCUT2D eigenvalue weighted by Crippen LogP contribution is -2.02. The van der Waals surface area contributed by atoms with Crippen LogP contribution in [-0.2, 0) is 17.8 Å². The maximum absolute atomic E-state index is 8.66. The highest BCUT2D eigenvalue weighted by molar-refractivity contribution is 6.18. The van der Waals surface area contributed by atoms with Crippen molar-refractivity contribution in [3.8, 4) is 0 Å². The highest BCUT2D eigenvalue weighted by atomic mass is 35.5. The summed E-state index contributed by atoms with van der Waals surface area (Å²) < 4.78 is 4.82. The first-order chi connectivity index (χ1) is 6.22. The first-order valence-electron chi connectivity index (χ1n) is 4.24. The number of benzene rings is 1. The van der Waals surface area contributed by atoms with Crippen molar-refractivity contribution >= 4 is 11.6 Å². The number of aryl methyl sites for hydroxylation is 1. The molecule has 0 aromatic heterocycles. The van der Waals surface area contributed by atoms with Gasteiger partial charge < -0.3 is 9.84 Å². The van der Waals surface area contributed by atoms with Gasteiger partial charge in [-0.05, 0) is 17.5 Å². The number of aliphatic hydroxyl groups is 1. The molecule has 0 spiro atoms. The topological polar surface area (TPSA) is 29.5 Å². The van der Waals surface area contributed by atoms with Gasteiger partial charge in [-0.1, -0.05) is 42.8 Å². The van der Waals surface area contributed by atoms with Crippen LogP contribution in [0.3, 0.4) is 0 Å². The molecular formula is C10H13ClO2. The number of hydrogen-bond acceptors (Lipinski definition) is 2. The maximum Gasteiger partial charge on any atom is 0.234 e. The lowest BCUT2D eigenvalue weighted by molar-refractivity contribution is -0.0479. The Labute approximate surface area is 83.1 Å². The van der Waals surface area contributed by atoms with E-state index in [1.54, 1.807) is 0 Å². The van der Waals surface area contributed by atoms with E-state index in [4.69, 9.17) is 21.4 Å². The van der Waals surface area contributed by atoms with E-state index in [1.807, 2.05) is 24.3 Å². The molecule has 1 aromatic carbocycles. The van der Waals surface area contributed by atoms with Gasteiger partial charge in [-0.3, -0.25) is 0 Å². The summed E-state index contributed by atoms with van der Waals surface area (Å²) in [5, 5.41) is 8.66. The van der Waals surface area contributed by atoms with Gasteiger partial charge in [-0.25, -0.2) is 0 Å². The van der Waals surface area contributed by atoms with Gasteiger partial charge in [0, 0.05) is 0 Å². The van der Waals surface area contributed by atoms with Crippen LogP contribution in [0.2, 0.25) is 0 Å². The molecule has 13 heavy (non-hydrogen) atoms. The van der Waals surface area contributed by atoms with Crippen LogP contribution < -0.4 is 0 Å². The first-order valence-corrected chi connectivity index (χ1v) is 4.67. The number of halogens is 1. The average Bonchev–Trinajstić information content (AvgIpc) is 2.15. The molecule has 1 rings (SSSR count). The zero-order valence-electron chi connectivity index (χ0n) is 7.53. The highest BCUT2D eigenvalue weighted by Crippen LogP contribution is 2.07. The molecule has 0 heterocycles. The van der Waals surface area contributed by atoms with E-state index in [0.29, 0.717) is 6.61 Å². The molecule has 1 aromatic rings. The molecule has 3 heteroatoms. The molecule has 0 saturated carbocycles. The van der Waals surface area contributed by atoms with Crippen LogP contribution in [0.5, 0.6) is 0 Å². The van der Waals surface area contributed by atoms with Gasteiger partial charge in [-0.15, -0.1) is 0 Å².